The van der Waals surface area contributed by atoms with E-state index in [9.17, 15) is 27.9 Å². The molecule has 3 amide bonds. The SMILES string of the molecule is COc1ccc(C(Nc2ccc3c(N(C(=O)OC(C)(C)C)C(=O)OC(C)(C)C)nccc3c2)C(=O)N(C)Cc2cc(N)ccc2S(=O)(=O)C2CC2)cc1CCO. The zero-order valence-electron chi connectivity index (χ0n) is 33.1. The van der Waals surface area contributed by atoms with Crippen molar-refractivity contribution in [3.63, 3.8) is 0 Å². The maximum Gasteiger partial charge on any atom is 0.425 e. The van der Waals surface area contributed by atoms with E-state index in [-0.39, 0.29) is 36.2 Å². The summed E-state index contributed by atoms with van der Waals surface area (Å²) in [5.41, 5.74) is 6.77. The Morgan fingerprint density at radius 3 is 2.18 bits per heavy atom. The van der Waals surface area contributed by atoms with Crippen LogP contribution in [-0.4, -0.2) is 78.7 Å². The number of carbonyl (C=O) groups is 3. The van der Waals surface area contributed by atoms with Gasteiger partial charge in [-0.15, -0.1) is 0 Å². The molecule has 1 aromatic heterocycles. The molecule has 1 fully saturated rings. The molecule has 4 aromatic rings. The number of aliphatic hydroxyl groups excluding tert-OH is 1. The van der Waals surface area contributed by atoms with E-state index in [1.54, 1.807) is 103 Å². The lowest BCUT2D eigenvalue weighted by atomic mass is 9.99. The van der Waals surface area contributed by atoms with Gasteiger partial charge in [0.2, 0.25) is 5.91 Å². The quantitative estimate of drug-likeness (QED) is 0.128. The number of carbonyl (C=O) groups excluding carboxylic acids is 3. The normalized spacial score (nSPS) is 13.8. The van der Waals surface area contributed by atoms with Gasteiger partial charge >= 0.3 is 12.2 Å². The fourth-order valence-electron chi connectivity index (χ4n) is 6.15. The van der Waals surface area contributed by atoms with Crippen molar-refractivity contribution in [2.45, 2.75) is 94.7 Å². The van der Waals surface area contributed by atoms with Crippen LogP contribution in [0.1, 0.15) is 77.1 Å². The van der Waals surface area contributed by atoms with Gasteiger partial charge in [0.15, 0.2) is 15.7 Å². The number of imide groups is 1. The minimum absolute atomic E-state index is 0.00667. The van der Waals surface area contributed by atoms with E-state index in [0.29, 0.717) is 57.4 Å². The van der Waals surface area contributed by atoms with Gasteiger partial charge in [-0.3, -0.25) is 4.79 Å². The number of hydrogen-bond acceptors (Lipinski definition) is 12. The average molecular weight is 790 g/mol. The molecule has 0 aliphatic heterocycles. The number of methoxy groups -OCH3 is 1. The number of hydrogen-bond donors (Lipinski definition) is 3. The molecule has 1 aliphatic carbocycles. The van der Waals surface area contributed by atoms with Crippen LogP contribution in [0.5, 0.6) is 5.75 Å². The minimum Gasteiger partial charge on any atom is -0.496 e. The lowest BCUT2D eigenvalue weighted by Gasteiger charge is -2.29. The first-order valence-corrected chi connectivity index (χ1v) is 19.8. The summed E-state index contributed by atoms with van der Waals surface area (Å²) in [6.07, 6.45) is 0.969. The van der Waals surface area contributed by atoms with Crippen LogP contribution in [0.25, 0.3) is 10.8 Å². The highest BCUT2D eigenvalue weighted by Crippen LogP contribution is 2.37. The lowest BCUT2D eigenvalue weighted by Crippen LogP contribution is -2.44. The molecule has 1 aliphatic rings. The summed E-state index contributed by atoms with van der Waals surface area (Å²) in [7, 11) is -0.486. The van der Waals surface area contributed by atoms with Gasteiger partial charge in [-0.25, -0.2) is 23.0 Å². The number of sulfone groups is 1. The van der Waals surface area contributed by atoms with Crippen molar-refractivity contribution < 1.29 is 42.1 Å². The van der Waals surface area contributed by atoms with E-state index in [1.807, 2.05) is 0 Å². The summed E-state index contributed by atoms with van der Waals surface area (Å²) in [5, 5.41) is 13.7. The van der Waals surface area contributed by atoms with Crippen molar-refractivity contribution in [3.8, 4) is 5.75 Å². The molecule has 1 unspecified atom stereocenters. The fourth-order valence-corrected chi connectivity index (χ4v) is 8.02. The van der Waals surface area contributed by atoms with Crippen LogP contribution in [0, 0.1) is 0 Å². The van der Waals surface area contributed by atoms with Gasteiger partial charge in [-0.05, 0) is 137 Å². The number of amides is 3. The number of nitrogens with zero attached hydrogens (tertiary/aromatic N) is 3. The maximum atomic E-state index is 14.5. The first kappa shape index (κ1) is 41.7. The van der Waals surface area contributed by atoms with Crippen LogP contribution in [0.2, 0.25) is 0 Å². The molecule has 1 atom stereocenters. The molecule has 0 saturated heterocycles. The van der Waals surface area contributed by atoms with Crippen LogP contribution in [0.15, 0.2) is 71.8 Å². The van der Waals surface area contributed by atoms with Gasteiger partial charge < -0.3 is 35.3 Å². The summed E-state index contributed by atoms with van der Waals surface area (Å²) < 4.78 is 43.4. The molecule has 0 radical (unpaired) electrons. The average Bonchev–Trinajstić information content (AvgIpc) is 3.96. The number of nitrogens with two attached hydrogens (primary N) is 1. The van der Waals surface area contributed by atoms with Crippen molar-refractivity contribution in [1.29, 1.82) is 0 Å². The number of pyridine rings is 1. The number of anilines is 3. The van der Waals surface area contributed by atoms with Gasteiger partial charge in [0.25, 0.3) is 0 Å². The van der Waals surface area contributed by atoms with Gasteiger partial charge in [0.1, 0.15) is 23.0 Å². The molecule has 14 nitrogen and oxygen atoms in total. The number of aliphatic hydroxyl groups is 1. The van der Waals surface area contributed by atoms with Crippen molar-refractivity contribution in [1.82, 2.24) is 9.88 Å². The maximum absolute atomic E-state index is 14.5. The summed E-state index contributed by atoms with van der Waals surface area (Å²) in [5.74, 6) is 0.147. The van der Waals surface area contributed by atoms with Crippen molar-refractivity contribution in [2.75, 3.05) is 36.7 Å². The molecule has 5 rings (SSSR count). The Balaban J connectivity index is 1.55. The van der Waals surface area contributed by atoms with Gasteiger partial charge in [-0.1, -0.05) is 6.07 Å². The predicted molar refractivity (Wildman–Crippen MR) is 214 cm³/mol. The number of nitrogens with one attached hydrogen (secondary N) is 1. The van der Waals surface area contributed by atoms with E-state index in [2.05, 4.69) is 10.3 Å². The highest BCUT2D eigenvalue weighted by molar-refractivity contribution is 7.92. The third kappa shape index (κ3) is 9.87. The summed E-state index contributed by atoms with van der Waals surface area (Å²) in [4.78, 5) is 48.2. The summed E-state index contributed by atoms with van der Waals surface area (Å²) >= 11 is 0. The number of nitrogen functional groups attached to an aromatic ring is 1. The second-order valence-corrected chi connectivity index (χ2v) is 18.0. The third-order valence-electron chi connectivity index (χ3n) is 8.82. The number of aromatic nitrogens is 1. The zero-order chi connectivity index (χ0) is 41.2. The van der Waals surface area contributed by atoms with Crippen molar-refractivity contribution >= 4 is 55.9 Å². The molecular formula is C41H51N5O9S. The van der Waals surface area contributed by atoms with E-state index < -0.39 is 44.5 Å². The molecule has 3 aromatic carbocycles. The number of ether oxygens (including phenoxy) is 3. The van der Waals surface area contributed by atoms with E-state index in [1.165, 1.54) is 24.3 Å². The van der Waals surface area contributed by atoms with Gasteiger partial charge in [-0.2, -0.15) is 4.90 Å². The molecular weight excluding hydrogens is 739 g/mol. The molecule has 0 spiro atoms. The minimum atomic E-state index is -3.60. The largest absolute Gasteiger partial charge is 0.496 e. The molecule has 0 bridgehead atoms. The smallest absolute Gasteiger partial charge is 0.425 e. The van der Waals surface area contributed by atoms with Crippen LogP contribution in [-0.2, 0) is 37.1 Å². The Morgan fingerprint density at radius 2 is 1.59 bits per heavy atom. The Labute approximate surface area is 327 Å². The van der Waals surface area contributed by atoms with E-state index in [0.717, 1.165) is 4.90 Å². The zero-order valence-corrected chi connectivity index (χ0v) is 33.9. The highest BCUT2D eigenvalue weighted by Gasteiger charge is 2.39. The topological polar surface area (TPSA) is 191 Å². The van der Waals surface area contributed by atoms with Crippen LogP contribution >= 0.6 is 0 Å². The Morgan fingerprint density at radius 1 is 0.929 bits per heavy atom. The van der Waals surface area contributed by atoms with Crippen molar-refractivity contribution in [3.05, 3.63) is 83.6 Å². The molecule has 300 valence electrons. The number of rotatable bonds is 12. The van der Waals surface area contributed by atoms with Gasteiger partial charge in [0.05, 0.1) is 17.3 Å². The van der Waals surface area contributed by atoms with E-state index >= 15 is 0 Å². The Hall–Kier alpha value is -5.41. The number of benzene rings is 3. The molecule has 4 N–H and O–H groups in total. The summed E-state index contributed by atoms with van der Waals surface area (Å²) in [6.45, 7) is 9.90. The molecule has 1 saturated carbocycles. The first-order valence-electron chi connectivity index (χ1n) is 18.3. The Kier molecular flexibility index (Phi) is 12.2. The van der Waals surface area contributed by atoms with Crippen LogP contribution in [0.4, 0.5) is 26.8 Å². The summed E-state index contributed by atoms with van der Waals surface area (Å²) in [6, 6.07) is 15.7. The van der Waals surface area contributed by atoms with Gasteiger partial charge in [0, 0.05) is 43.2 Å². The molecule has 56 heavy (non-hydrogen) atoms. The molecule has 15 heteroatoms. The third-order valence-corrected chi connectivity index (χ3v) is 11.2. The second kappa shape index (κ2) is 16.4. The predicted octanol–water partition coefficient (Wildman–Crippen LogP) is 6.78. The van der Waals surface area contributed by atoms with E-state index in [4.69, 9.17) is 19.9 Å². The lowest BCUT2D eigenvalue weighted by molar-refractivity contribution is -0.131. The highest BCUT2D eigenvalue weighted by atomic mass is 32.2. The van der Waals surface area contributed by atoms with Crippen LogP contribution in [0.3, 0.4) is 0 Å². The monoisotopic (exact) mass is 789 g/mol. The fraction of sp³-hybridized carbons (Fsp3) is 0.415. The standard InChI is InChI=1S/C41H51N5O9S/c1-40(2,3)54-38(49)46(39(50)55-41(4,5)6)36-32-14-11-30(23-25(32)17-19-43-36)44-35(27-9-15-33(53-8)26(21-27)18-20-47)37(48)45(7)24-28-22-29(42)10-16-34(28)56(51,52)31-12-13-31/h9-11,14-17,19,21-23,31,35,44,47H,12-13,18,20,24,42H2,1-8H3. The number of fused-ring (bicyclic) bond motifs is 1. The Bertz CT molecular complexity index is 2200. The first-order chi connectivity index (χ1) is 26.2. The number of likely N-dealkylation sites (N-methyl/N-ethyl adjacent to an activating group) is 1. The van der Waals surface area contributed by atoms with Crippen molar-refractivity contribution in [2.24, 2.45) is 0 Å². The van der Waals surface area contributed by atoms with Crippen LogP contribution < -0.4 is 20.7 Å². The second-order valence-electron chi connectivity index (χ2n) is 15.8. The molecule has 1 heterocycles.